The van der Waals surface area contributed by atoms with Crippen LogP contribution in [-0.2, 0) is 16.6 Å². The highest BCUT2D eigenvalue weighted by Crippen LogP contribution is 2.24. The molecule has 2 aromatic carbocycles. The fraction of sp³-hybridized carbons (Fsp3) is 0.0769. The lowest BCUT2D eigenvalue weighted by molar-refractivity contribution is 0.535. The summed E-state index contributed by atoms with van der Waals surface area (Å²) in [7, 11) is -1.98. The van der Waals surface area contributed by atoms with Crippen LogP contribution in [0.1, 0.15) is 5.56 Å². The molecule has 2 aromatic rings. The van der Waals surface area contributed by atoms with Crippen LogP contribution >= 0.6 is 15.9 Å². The molecule has 7 heteroatoms. The van der Waals surface area contributed by atoms with Crippen LogP contribution in [-0.4, -0.2) is 4.21 Å². The Labute approximate surface area is 124 Å². The van der Waals surface area contributed by atoms with E-state index in [2.05, 4.69) is 15.9 Å². The van der Waals surface area contributed by atoms with E-state index in [4.69, 9.17) is 5.73 Å². The molecular weight excluding hydrogens is 355 g/mol. The van der Waals surface area contributed by atoms with Crippen LogP contribution in [0.3, 0.4) is 0 Å². The van der Waals surface area contributed by atoms with Crippen LogP contribution < -0.4 is 5.73 Å². The van der Waals surface area contributed by atoms with E-state index < -0.39 is 33.1 Å². The van der Waals surface area contributed by atoms with Crippen molar-refractivity contribution < 1.29 is 17.4 Å². The molecule has 0 radical (unpaired) electrons. The standard InChI is InChI=1S/C13H9BrF3NOS/c14-8-1-7(2-9(15)3-8)6-20(19)13-11(16)4-10(18)5-12(13)17/h1-5H,6,18H2. The van der Waals surface area contributed by atoms with Crippen LogP contribution in [0, 0.1) is 17.5 Å². The first-order valence-electron chi connectivity index (χ1n) is 5.44. The molecule has 0 saturated heterocycles. The highest BCUT2D eigenvalue weighted by Gasteiger charge is 2.17. The number of nitrogens with two attached hydrogens (primary N) is 1. The second-order valence-electron chi connectivity index (χ2n) is 4.08. The summed E-state index contributed by atoms with van der Waals surface area (Å²) in [4.78, 5) is -0.556. The Morgan fingerprint density at radius 2 is 1.65 bits per heavy atom. The van der Waals surface area contributed by atoms with Gasteiger partial charge < -0.3 is 5.73 Å². The van der Waals surface area contributed by atoms with E-state index in [0.717, 1.165) is 18.2 Å². The van der Waals surface area contributed by atoms with E-state index in [1.807, 2.05) is 0 Å². The molecular formula is C13H9BrF3NOS. The second kappa shape index (κ2) is 5.97. The minimum Gasteiger partial charge on any atom is -0.399 e. The average molecular weight is 364 g/mol. The van der Waals surface area contributed by atoms with Gasteiger partial charge in [-0.3, -0.25) is 4.21 Å². The van der Waals surface area contributed by atoms with Gasteiger partial charge in [0.25, 0.3) is 0 Å². The van der Waals surface area contributed by atoms with Crippen molar-refractivity contribution in [2.24, 2.45) is 0 Å². The molecule has 1 unspecified atom stereocenters. The van der Waals surface area contributed by atoms with Gasteiger partial charge in [0.2, 0.25) is 0 Å². The zero-order chi connectivity index (χ0) is 14.9. The Morgan fingerprint density at radius 1 is 1.05 bits per heavy atom. The summed E-state index contributed by atoms with van der Waals surface area (Å²) < 4.78 is 53.0. The minimum absolute atomic E-state index is 0.0887. The molecule has 0 aliphatic carbocycles. The molecule has 0 aliphatic rings. The highest BCUT2D eigenvalue weighted by atomic mass is 79.9. The summed E-state index contributed by atoms with van der Waals surface area (Å²) in [6.07, 6.45) is 0. The maximum absolute atomic E-state index is 13.6. The normalized spacial score (nSPS) is 12.4. The number of hydrogen-bond acceptors (Lipinski definition) is 2. The molecule has 20 heavy (non-hydrogen) atoms. The van der Waals surface area contributed by atoms with Crippen LogP contribution in [0.4, 0.5) is 18.9 Å². The third-order valence-electron chi connectivity index (χ3n) is 2.47. The van der Waals surface area contributed by atoms with Crippen molar-refractivity contribution in [2.75, 3.05) is 5.73 Å². The van der Waals surface area contributed by atoms with E-state index in [0.29, 0.717) is 10.0 Å². The van der Waals surface area contributed by atoms with E-state index in [1.165, 1.54) is 12.1 Å². The largest absolute Gasteiger partial charge is 0.399 e. The van der Waals surface area contributed by atoms with Crippen LogP contribution in [0.2, 0.25) is 0 Å². The molecule has 106 valence electrons. The van der Waals surface area contributed by atoms with Crippen molar-refractivity contribution in [3.63, 3.8) is 0 Å². The van der Waals surface area contributed by atoms with E-state index in [-0.39, 0.29) is 11.4 Å². The van der Waals surface area contributed by atoms with Gasteiger partial charge >= 0.3 is 0 Å². The first-order valence-corrected chi connectivity index (χ1v) is 7.56. The lowest BCUT2D eigenvalue weighted by Gasteiger charge is -2.07. The Kier molecular flexibility index (Phi) is 4.49. The van der Waals surface area contributed by atoms with Crippen molar-refractivity contribution in [1.29, 1.82) is 0 Å². The number of halogens is 4. The molecule has 0 amide bonds. The first kappa shape index (κ1) is 15.1. The monoisotopic (exact) mass is 363 g/mol. The third kappa shape index (κ3) is 3.40. The lowest BCUT2D eigenvalue weighted by Crippen LogP contribution is -2.04. The maximum Gasteiger partial charge on any atom is 0.144 e. The number of anilines is 1. The Balaban J connectivity index is 2.33. The molecule has 2 nitrogen and oxygen atoms in total. The quantitative estimate of drug-likeness (QED) is 0.843. The number of nitrogen functional groups attached to an aromatic ring is 1. The van der Waals surface area contributed by atoms with Gasteiger partial charge in [0.15, 0.2) is 0 Å². The summed E-state index contributed by atoms with van der Waals surface area (Å²) in [5, 5.41) is 0. The summed E-state index contributed by atoms with van der Waals surface area (Å²) in [5.74, 6) is -2.68. The van der Waals surface area contributed by atoms with E-state index in [1.54, 1.807) is 0 Å². The summed E-state index contributed by atoms with van der Waals surface area (Å²) in [6.45, 7) is 0. The lowest BCUT2D eigenvalue weighted by atomic mass is 10.2. The Hall–Kier alpha value is -1.34. The van der Waals surface area contributed by atoms with Crippen LogP contribution in [0.15, 0.2) is 39.7 Å². The fourth-order valence-corrected chi connectivity index (χ4v) is 3.39. The van der Waals surface area contributed by atoms with Gasteiger partial charge in [0, 0.05) is 10.2 Å². The highest BCUT2D eigenvalue weighted by molar-refractivity contribution is 9.10. The van der Waals surface area contributed by atoms with Crippen molar-refractivity contribution in [2.45, 2.75) is 10.6 Å². The third-order valence-corrected chi connectivity index (χ3v) is 4.37. The van der Waals surface area contributed by atoms with Gasteiger partial charge in [-0.15, -0.1) is 0 Å². The molecule has 0 spiro atoms. The predicted octanol–water partition coefficient (Wildman–Crippen LogP) is 3.76. The van der Waals surface area contributed by atoms with E-state index in [9.17, 15) is 17.4 Å². The molecule has 2 rings (SSSR count). The van der Waals surface area contributed by atoms with Crippen LogP contribution in [0.25, 0.3) is 0 Å². The summed E-state index contributed by atoms with van der Waals surface area (Å²) in [5.41, 5.74) is 5.56. The molecule has 0 aromatic heterocycles. The van der Waals surface area contributed by atoms with Crippen molar-refractivity contribution in [1.82, 2.24) is 0 Å². The topological polar surface area (TPSA) is 43.1 Å². The van der Waals surface area contributed by atoms with Gasteiger partial charge in [0.1, 0.15) is 22.3 Å². The molecule has 2 N–H and O–H groups in total. The first-order chi connectivity index (χ1) is 9.36. The minimum atomic E-state index is -1.98. The van der Waals surface area contributed by atoms with Crippen LogP contribution in [0.5, 0.6) is 0 Å². The molecule has 1 atom stereocenters. The number of hydrogen-bond donors (Lipinski definition) is 1. The van der Waals surface area contributed by atoms with Gasteiger partial charge in [-0.05, 0) is 35.9 Å². The maximum atomic E-state index is 13.6. The zero-order valence-electron chi connectivity index (χ0n) is 10.00. The SMILES string of the molecule is Nc1cc(F)c(S(=O)Cc2cc(F)cc(Br)c2)c(F)c1. The Bertz CT molecular complexity index is 650. The van der Waals surface area contributed by atoms with Crippen molar-refractivity contribution in [3.05, 3.63) is 57.8 Å². The fourth-order valence-electron chi connectivity index (χ4n) is 1.71. The van der Waals surface area contributed by atoms with Gasteiger partial charge in [-0.25, -0.2) is 13.2 Å². The number of rotatable bonds is 3. The molecule has 0 bridgehead atoms. The second-order valence-corrected chi connectivity index (χ2v) is 6.38. The van der Waals surface area contributed by atoms with Crippen molar-refractivity contribution in [3.8, 4) is 0 Å². The summed E-state index contributed by atoms with van der Waals surface area (Å²) in [6, 6.07) is 5.73. The Morgan fingerprint density at radius 3 is 2.20 bits per heavy atom. The van der Waals surface area contributed by atoms with Gasteiger partial charge in [-0.1, -0.05) is 15.9 Å². The van der Waals surface area contributed by atoms with Gasteiger partial charge in [0.05, 0.1) is 16.6 Å². The molecule has 0 aliphatic heterocycles. The average Bonchev–Trinajstić information content (AvgIpc) is 2.25. The zero-order valence-corrected chi connectivity index (χ0v) is 12.4. The molecule has 0 fully saturated rings. The van der Waals surface area contributed by atoms with E-state index >= 15 is 0 Å². The van der Waals surface area contributed by atoms with Crippen molar-refractivity contribution >= 4 is 32.4 Å². The molecule has 0 saturated carbocycles. The summed E-state index contributed by atoms with van der Waals surface area (Å²) >= 11 is 3.09. The number of benzene rings is 2. The smallest absolute Gasteiger partial charge is 0.144 e. The molecule has 0 heterocycles. The predicted molar refractivity (Wildman–Crippen MR) is 75.0 cm³/mol. The van der Waals surface area contributed by atoms with Gasteiger partial charge in [-0.2, -0.15) is 0 Å².